The van der Waals surface area contributed by atoms with Crippen LogP contribution in [0.4, 0.5) is 0 Å². The first-order valence-corrected chi connectivity index (χ1v) is 8.01. The predicted octanol–water partition coefficient (Wildman–Crippen LogP) is 2.39. The minimum Gasteiger partial charge on any atom is -0.481 e. The van der Waals surface area contributed by atoms with Gasteiger partial charge in [0.1, 0.15) is 0 Å². The van der Waals surface area contributed by atoms with E-state index in [-0.39, 0.29) is 18.2 Å². The van der Waals surface area contributed by atoms with Crippen LogP contribution in [-0.4, -0.2) is 29.6 Å². The second-order valence-corrected chi connectivity index (χ2v) is 6.57. The smallest absolute Gasteiger partial charge is 0.303 e. The topological polar surface area (TPSA) is 92.4 Å². The summed E-state index contributed by atoms with van der Waals surface area (Å²) in [5.74, 6) is -0.184. The number of carboxylic acid groups (broad SMARTS) is 1. The lowest BCUT2D eigenvalue weighted by Crippen LogP contribution is -2.43. The number of amides is 1. The number of nitrogens with one attached hydrogen (secondary N) is 1. The monoisotopic (exact) mass is 300 g/mol. The van der Waals surface area contributed by atoms with Gasteiger partial charge < -0.3 is 16.2 Å². The maximum absolute atomic E-state index is 11.9. The molecule has 0 aromatic rings. The summed E-state index contributed by atoms with van der Waals surface area (Å²) in [7, 11) is 0. The summed E-state index contributed by atoms with van der Waals surface area (Å²) >= 11 is 0. The van der Waals surface area contributed by atoms with Gasteiger partial charge in [0.2, 0.25) is 5.91 Å². The molecule has 0 bridgehead atoms. The van der Waals surface area contributed by atoms with Gasteiger partial charge in [0.15, 0.2) is 0 Å². The molecule has 0 heterocycles. The molecule has 0 fully saturated rings. The summed E-state index contributed by atoms with van der Waals surface area (Å²) in [6, 6.07) is -0.511. The highest BCUT2D eigenvalue weighted by atomic mass is 16.4. The molecule has 0 radical (unpaired) electrons. The molecule has 1 amide bonds. The highest BCUT2D eigenvalue weighted by Gasteiger charge is 2.20. The third kappa shape index (κ3) is 10.3. The Morgan fingerprint density at radius 2 is 1.81 bits per heavy atom. The van der Waals surface area contributed by atoms with Crippen LogP contribution in [0, 0.1) is 17.8 Å². The normalized spacial score (nSPS) is 15.5. The molecule has 0 unspecified atom stereocenters. The van der Waals surface area contributed by atoms with Crippen molar-refractivity contribution in [2.75, 3.05) is 6.54 Å². The van der Waals surface area contributed by atoms with Crippen molar-refractivity contribution in [3.05, 3.63) is 0 Å². The number of carboxylic acids is 1. The molecule has 0 aliphatic carbocycles. The second-order valence-electron chi connectivity index (χ2n) is 6.57. The Kier molecular flexibility index (Phi) is 10.0. The zero-order valence-corrected chi connectivity index (χ0v) is 13.9. The predicted molar refractivity (Wildman–Crippen MR) is 84.9 cm³/mol. The van der Waals surface area contributed by atoms with Crippen LogP contribution in [-0.2, 0) is 9.59 Å². The summed E-state index contributed by atoms with van der Waals surface area (Å²) in [6.07, 6.45) is 3.72. The first-order valence-electron chi connectivity index (χ1n) is 8.01. The quantitative estimate of drug-likeness (QED) is 0.546. The Hall–Kier alpha value is -1.10. The van der Waals surface area contributed by atoms with Crippen LogP contribution in [0.3, 0.4) is 0 Å². The third-order valence-electron chi connectivity index (χ3n) is 3.61. The zero-order chi connectivity index (χ0) is 16.4. The van der Waals surface area contributed by atoms with Gasteiger partial charge in [0.05, 0.1) is 6.04 Å². The van der Waals surface area contributed by atoms with Crippen molar-refractivity contribution in [3.8, 4) is 0 Å². The molecule has 5 nitrogen and oxygen atoms in total. The number of hydrogen-bond donors (Lipinski definition) is 3. The van der Waals surface area contributed by atoms with Gasteiger partial charge in [-0.2, -0.15) is 0 Å². The standard InChI is InChI=1S/C16H32N2O3/c1-5-6-12(4)8-13(9-15(19)20)10-18-16(21)14(17)7-11(2)3/h11-14H,5-10,17H2,1-4H3,(H,18,21)(H,19,20)/t12-,13+,14+/m1/s1. The fourth-order valence-corrected chi connectivity index (χ4v) is 2.66. The average Bonchev–Trinajstić information content (AvgIpc) is 2.34. The van der Waals surface area contributed by atoms with Crippen LogP contribution in [0.15, 0.2) is 0 Å². The molecule has 0 saturated heterocycles. The van der Waals surface area contributed by atoms with E-state index in [4.69, 9.17) is 10.8 Å². The molecule has 3 atom stereocenters. The molecule has 0 saturated carbocycles. The van der Waals surface area contributed by atoms with E-state index in [2.05, 4.69) is 19.2 Å². The van der Waals surface area contributed by atoms with Crippen molar-refractivity contribution >= 4 is 11.9 Å². The summed E-state index contributed by atoms with van der Waals surface area (Å²) in [5.41, 5.74) is 5.83. The Morgan fingerprint density at radius 1 is 1.19 bits per heavy atom. The fourth-order valence-electron chi connectivity index (χ4n) is 2.66. The molecular formula is C16H32N2O3. The van der Waals surface area contributed by atoms with Crippen LogP contribution in [0.5, 0.6) is 0 Å². The maximum Gasteiger partial charge on any atom is 0.303 e. The molecule has 0 aliphatic heterocycles. The van der Waals surface area contributed by atoms with Crippen molar-refractivity contribution in [2.45, 2.75) is 65.8 Å². The number of aliphatic carboxylic acids is 1. The minimum atomic E-state index is -0.815. The van der Waals surface area contributed by atoms with E-state index in [0.717, 1.165) is 19.3 Å². The summed E-state index contributed by atoms with van der Waals surface area (Å²) in [6.45, 7) is 8.69. The summed E-state index contributed by atoms with van der Waals surface area (Å²) in [5, 5.41) is 11.8. The summed E-state index contributed by atoms with van der Waals surface area (Å²) < 4.78 is 0. The van der Waals surface area contributed by atoms with E-state index in [1.807, 2.05) is 13.8 Å². The Morgan fingerprint density at radius 3 is 2.29 bits per heavy atom. The average molecular weight is 300 g/mol. The number of nitrogens with two attached hydrogens (primary N) is 1. The molecule has 5 heteroatoms. The maximum atomic E-state index is 11.9. The van der Waals surface area contributed by atoms with Crippen molar-refractivity contribution in [1.82, 2.24) is 5.32 Å². The highest BCUT2D eigenvalue weighted by Crippen LogP contribution is 2.19. The van der Waals surface area contributed by atoms with Crippen LogP contribution in [0.1, 0.15) is 59.8 Å². The Bertz CT molecular complexity index is 319. The van der Waals surface area contributed by atoms with Crippen LogP contribution >= 0.6 is 0 Å². The van der Waals surface area contributed by atoms with Gasteiger partial charge in [0.25, 0.3) is 0 Å². The minimum absolute atomic E-state index is 0.0285. The lowest BCUT2D eigenvalue weighted by molar-refractivity contribution is -0.138. The van der Waals surface area contributed by atoms with Gasteiger partial charge in [-0.15, -0.1) is 0 Å². The Balaban J connectivity index is 4.33. The lowest BCUT2D eigenvalue weighted by atomic mass is 9.90. The number of carbonyl (C=O) groups is 2. The van der Waals surface area contributed by atoms with Gasteiger partial charge in [-0.1, -0.05) is 40.5 Å². The van der Waals surface area contributed by atoms with E-state index < -0.39 is 12.0 Å². The number of carbonyl (C=O) groups excluding carboxylic acids is 1. The summed E-state index contributed by atoms with van der Waals surface area (Å²) in [4.78, 5) is 22.8. The van der Waals surface area contributed by atoms with Crippen molar-refractivity contribution in [3.63, 3.8) is 0 Å². The van der Waals surface area contributed by atoms with Gasteiger partial charge in [-0.05, 0) is 30.6 Å². The largest absolute Gasteiger partial charge is 0.481 e. The zero-order valence-electron chi connectivity index (χ0n) is 13.9. The SMILES string of the molecule is CCC[C@@H](C)C[C@H](CNC(=O)[C@@H](N)CC(C)C)CC(=O)O. The molecule has 0 rings (SSSR count). The van der Waals surface area contributed by atoms with Crippen LogP contribution in [0.25, 0.3) is 0 Å². The molecule has 21 heavy (non-hydrogen) atoms. The first-order chi connectivity index (χ1) is 9.76. The highest BCUT2D eigenvalue weighted by molar-refractivity contribution is 5.81. The Labute approximate surface area is 128 Å². The second kappa shape index (κ2) is 10.6. The molecule has 0 spiro atoms. The lowest BCUT2D eigenvalue weighted by Gasteiger charge is -2.21. The molecular weight excluding hydrogens is 268 g/mol. The van der Waals surface area contributed by atoms with E-state index >= 15 is 0 Å². The molecule has 124 valence electrons. The fraction of sp³-hybridized carbons (Fsp3) is 0.875. The first kappa shape index (κ1) is 19.9. The molecule has 0 aromatic heterocycles. The van der Waals surface area contributed by atoms with E-state index in [1.54, 1.807) is 0 Å². The van der Waals surface area contributed by atoms with Gasteiger partial charge >= 0.3 is 5.97 Å². The van der Waals surface area contributed by atoms with E-state index in [0.29, 0.717) is 24.8 Å². The van der Waals surface area contributed by atoms with Gasteiger partial charge in [-0.3, -0.25) is 9.59 Å². The van der Waals surface area contributed by atoms with Crippen LogP contribution in [0.2, 0.25) is 0 Å². The van der Waals surface area contributed by atoms with E-state index in [1.165, 1.54) is 0 Å². The van der Waals surface area contributed by atoms with Crippen molar-refractivity contribution < 1.29 is 14.7 Å². The van der Waals surface area contributed by atoms with Crippen LogP contribution < -0.4 is 11.1 Å². The van der Waals surface area contributed by atoms with Gasteiger partial charge in [0, 0.05) is 13.0 Å². The molecule has 4 N–H and O–H groups in total. The van der Waals surface area contributed by atoms with Crippen molar-refractivity contribution in [2.24, 2.45) is 23.5 Å². The third-order valence-corrected chi connectivity index (χ3v) is 3.61. The number of rotatable bonds is 11. The molecule has 0 aliphatic rings. The molecule has 0 aromatic carbocycles. The van der Waals surface area contributed by atoms with Gasteiger partial charge in [-0.25, -0.2) is 0 Å². The van der Waals surface area contributed by atoms with E-state index in [9.17, 15) is 9.59 Å². The van der Waals surface area contributed by atoms with Crippen molar-refractivity contribution in [1.29, 1.82) is 0 Å². The number of hydrogen-bond acceptors (Lipinski definition) is 3.